The number of carbonyl (C=O) groups excluding carboxylic acids is 1. The summed E-state index contributed by atoms with van der Waals surface area (Å²) in [7, 11) is 0. The minimum Gasteiger partial charge on any atom is -0.464 e. The molecule has 0 aliphatic carbocycles. The summed E-state index contributed by atoms with van der Waals surface area (Å²) in [5, 5.41) is 0. The molecule has 154 valence electrons. The summed E-state index contributed by atoms with van der Waals surface area (Å²) < 4.78 is 5.36. The number of hydrogen-bond donors (Lipinski definition) is 0. The van der Waals surface area contributed by atoms with Crippen molar-refractivity contribution < 1.29 is 9.53 Å². The monoisotopic (exact) mass is 399 g/mol. The average Bonchev–Trinajstić information content (AvgIpc) is 2.77. The van der Waals surface area contributed by atoms with Gasteiger partial charge in [-0.2, -0.15) is 0 Å². The molecule has 30 heavy (non-hydrogen) atoms. The van der Waals surface area contributed by atoms with Crippen molar-refractivity contribution in [1.29, 1.82) is 0 Å². The van der Waals surface area contributed by atoms with Crippen LogP contribution < -0.4 is 0 Å². The van der Waals surface area contributed by atoms with E-state index in [9.17, 15) is 4.79 Å². The quantitative estimate of drug-likeness (QED) is 0.360. The lowest BCUT2D eigenvalue weighted by molar-refractivity contribution is -0.144. The van der Waals surface area contributed by atoms with Gasteiger partial charge in [0, 0.05) is 11.1 Å². The van der Waals surface area contributed by atoms with Crippen LogP contribution in [-0.4, -0.2) is 24.3 Å². The van der Waals surface area contributed by atoms with Gasteiger partial charge in [0.2, 0.25) is 0 Å². The van der Waals surface area contributed by atoms with Crippen LogP contribution in [0, 0.1) is 13.8 Å². The van der Waals surface area contributed by atoms with Crippen LogP contribution in [0.15, 0.2) is 83.9 Å². The second-order valence-electron chi connectivity index (χ2n) is 7.43. The van der Waals surface area contributed by atoms with Crippen molar-refractivity contribution in [2.45, 2.75) is 39.7 Å². The minimum atomic E-state index is -0.554. The Bertz CT molecular complexity index is 952. The number of aliphatic imine (C=N–C) groups is 1. The van der Waals surface area contributed by atoms with Crippen molar-refractivity contribution in [3.05, 3.63) is 107 Å². The smallest absolute Gasteiger partial charge is 0.330 e. The minimum absolute atomic E-state index is 0.273. The first-order valence-electron chi connectivity index (χ1n) is 10.5. The van der Waals surface area contributed by atoms with E-state index in [-0.39, 0.29) is 5.97 Å². The molecule has 0 heterocycles. The molecule has 0 aromatic heterocycles. The van der Waals surface area contributed by atoms with E-state index in [1.54, 1.807) is 0 Å². The lowest BCUT2D eigenvalue weighted by Crippen LogP contribution is -2.24. The predicted octanol–water partition coefficient (Wildman–Crippen LogP) is 5.71. The molecule has 0 amide bonds. The second-order valence-corrected chi connectivity index (χ2v) is 7.43. The first-order chi connectivity index (χ1) is 14.6. The third-order valence-corrected chi connectivity index (χ3v) is 5.22. The SMILES string of the molecule is CCOC(=O)C(CCc1ccc(C)c(C)c1)N=C(c1ccccc1)c1ccccc1. The fourth-order valence-electron chi connectivity index (χ4n) is 3.40. The maximum Gasteiger partial charge on any atom is 0.330 e. The number of rotatable bonds is 8. The molecular weight excluding hydrogens is 370 g/mol. The highest BCUT2D eigenvalue weighted by Gasteiger charge is 2.21. The summed E-state index contributed by atoms with van der Waals surface area (Å²) in [5.74, 6) is -0.273. The highest BCUT2D eigenvalue weighted by atomic mass is 16.5. The molecule has 0 radical (unpaired) electrons. The highest BCUT2D eigenvalue weighted by Crippen LogP contribution is 2.17. The van der Waals surface area contributed by atoms with Crippen molar-refractivity contribution >= 4 is 11.7 Å². The van der Waals surface area contributed by atoms with Gasteiger partial charge in [0.15, 0.2) is 0 Å². The normalized spacial score (nSPS) is 11.6. The first-order valence-corrected chi connectivity index (χ1v) is 10.5. The maximum absolute atomic E-state index is 12.8. The molecule has 0 bridgehead atoms. The van der Waals surface area contributed by atoms with Crippen molar-refractivity contribution in [3.63, 3.8) is 0 Å². The number of aryl methyl sites for hydroxylation is 3. The van der Waals surface area contributed by atoms with Gasteiger partial charge in [-0.3, -0.25) is 4.99 Å². The summed E-state index contributed by atoms with van der Waals surface area (Å²) in [5.41, 5.74) is 6.54. The molecule has 3 aromatic carbocycles. The fraction of sp³-hybridized carbons (Fsp3) is 0.259. The van der Waals surface area contributed by atoms with Gasteiger partial charge in [-0.1, -0.05) is 78.9 Å². The van der Waals surface area contributed by atoms with E-state index in [0.29, 0.717) is 13.0 Å². The van der Waals surface area contributed by atoms with Crippen LogP contribution in [0.4, 0.5) is 0 Å². The molecular formula is C27H29NO2. The number of carbonyl (C=O) groups is 1. The lowest BCUT2D eigenvalue weighted by atomic mass is 9.99. The Hall–Kier alpha value is -3.20. The number of ether oxygens (including phenoxy) is 1. The standard InChI is InChI=1S/C27H29NO2/c1-4-30-27(29)25(18-17-22-16-15-20(2)21(3)19-22)28-26(23-11-7-5-8-12-23)24-13-9-6-10-14-24/h5-16,19,25H,4,17-18H2,1-3H3. The van der Waals surface area contributed by atoms with Crippen LogP contribution >= 0.6 is 0 Å². The van der Waals surface area contributed by atoms with Gasteiger partial charge in [0.25, 0.3) is 0 Å². The molecule has 0 fully saturated rings. The van der Waals surface area contributed by atoms with Gasteiger partial charge in [-0.05, 0) is 50.3 Å². The van der Waals surface area contributed by atoms with Crippen LogP contribution in [0.3, 0.4) is 0 Å². The highest BCUT2D eigenvalue weighted by molar-refractivity contribution is 6.13. The maximum atomic E-state index is 12.8. The Kier molecular flexibility index (Phi) is 7.56. The van der Waals surface area contributed by atoms with Crippen molar-refractivity contribution in [2.75, 3.05) is 6.61 Å². The predicted molar refractivity (Wildman–Crippen MR) is 123 cm³/mol. The van der Waals surface area contributed by atoms with E-state index in [0.717, 1.165) is 23.3 Å². The van der Waals surface area contributed by atoms with Gasteiger partial charge in [-0.15, -0.1) is 0 Å². The summed E-state index contributed by atoms with van der Waals surface area (Å²) in [4.78, 5) is 17.7. The summed E-state index contributed by atoms with van der Waals surface area (Å²) >= 11 is 0. The topological polar surface area (TPSA) is 38.7 Å². The van der Waals surface area contributed by atoms with E-state index in [1.165, 1.54) is 16.7 Å². The van der Waals surface area contributed by atoms with Gasteiger partial charge >= 0.3 is 5.97 Å². The van der Waals surface area contributed by atoms with Crippen LogP contribution in [0.2, 0.25) is 0 Å². The average molecular weight is 400 g/mol. The molecule has 3 nitrogen and oxygen atoms in total. The number of hydrogen-bond acceptors (Lipinski definition) is 3. The van der Waals surface area contributed by atoms with Gasteiger partial charge in [0.05, 0.1) is 12.3 Å². The molecule has 3 aromatic rings. The molecule has 0 saturated carbocycles. The Morgan fingerprint density at radius 1 is 0.867 bits per heavy atom. The molecule has 0 aliphatic heterocycles. The Balaban J connectivity index is 1.94. The van der Waals surface area contributed by atoms with Crippen LogP contribution in [-0.2, 0) is 16.0 Å². The largest absolute Gasteiger partial charge is 0.464 e. The number of esters is 1. The van der Waals surface area contributed by atoms with Gasteiger partial charge in [-0.25, -0.2) is 4.79 Å². The lowest BCUT2D eigenvalue weighted by Gasteiger charge is -2.15. The summed E-state index contributed by atoms with van der Waals surface area (Å²) in [6.45, 7) is 6.40. The van der Waals surface area contributed by atoms with Crippen LogP contribution in [0.25, 0.3) is 0 Å². The van der Waals surface area contributed by atoms with E-state index < -0.39 is 6.04 Å². The van der Waals surface area contributed by atoms with Crippen molar-refractivity contribution in [1.82, 2.24) is 0 Å². The Labute approximate surface area is 179 Å². The molecule has 0 aliphatic rings. The van der Waals surface area contributed by atoms with Crippen molar-refractivity contribution in [3.8, 4) is 0 Å². The van der Waals surface area contributed by atoms with Gasteiger partial charge in [0.1, 0.15) is 6.04 Å². The Morgan fingerprint density at radius 3 is 2.00 bits per heavy atom. The zero-order valence-corrected chi connectivity index (χ0v) is 18.0. The third-order valence-electron chi connectivity index (χ3n) is 5.22. The van der Waals surface area contributed by atoms with Crippen molar-refractivity contribution in [2.24, 2.45) is 4.99 Å². The zero-order chi connectivity index (χ0) is 21.3. The van der Waals surface area contributed by atoms with E-state index in [4.69, 9.17) is 9.73 Å². The third kappa shape index (κ3) is 5.66. The first kappa shape index (κ1) is 21.5. The number of nitrogens with zero attached hydrogens (tertiary/aromatic N) is 1. The summed E-state index contributed by atoms with van der Waals surface area (Å²) in [6, 6.07) is 25.9. The van der Waals surface area contributed by atoms with Crippen LogP contribution in [0.1, 0.15) is 41.2 Å². The second kappa shape index (κ2) is 10.5. The number of benzene rings is 3. The molecule has 0 N–H and O–H groups in total. The van der Waals surface area contributed by atoms with E-state index in [2.05, 4.69) is 32.0 Å². The Morgan fingerprint density at radius 2 is 1.47 bits per heavy atom. The fourth-order valence-corrected chi connectivity index (χ4v) is 3.40. The molecule has 1 atom stereocenters. The summed E-state index contributed by atoms with van der Waals surface area (Å²) in [6.07, 6.45) is 1.37. The molecule has 3 heteroatoms. The van der Waals surface area contributed by atoms with E-state index >= 15 is 0 Å². The molecule has 0 spiro atoms. The zero-order valence-electron chi connectivity index (χ0n) is 18.0. The molecule has 3 rings (SSSR count). The van der Waals surface area contributed by atoms with Crippen LogP contribution in [0.5, 0.6) is 0 Å². The van der Waals surface area contributed by atoms with E-state index in [1.807, 2.05) is 67.6 Å². The molecule has 1 unspecified atom stereocenters. The molecule has 0 saturated heterocycles. The van der Waals surface area contributed by atoms with Gasteiger partial charge < -0.3 is 4.74 Å².